The van der Waals surface area contributed by atoms with E-state index in [1.165, 1.54) is 11.8 Å². The molecular weight excluding hydrogens is 476 g/mol. The summed E-state index contributed by atoms with van der Waals surface area (Å²) in [5.41, 5.74) is 5.15. The minimum atomic E-state index is -3.25. The van der Waals surface area contributed by atoms with E-state index < -0.39 is 9.84 Å². The van der Waals surface area contributed by atoms with Crippen LogP contribution < -0.4 is 4.90 Å². The fourth-order valence-electron chi connectivity index (χ4n) is 4.24. The van der Waals surface area contributed by atoms with Crippen LogP contribution in [0.15, 0.2) is 71.8 Å². The molecule has 180 valence electrons. The van der Waals surface area contributed by atoms with E-state index in [2.05, 4.69) is 59.1 Å². The summed E-state index contributed by atoms with van der Waals surface area (Å²) in [5, 5.41) is 0.856. The van der Waals surface area contributed by atoms with E-state index in [0.717, 1.165) is 64.3 Å². The maximum Gasteiger partial charge on any atom is 0.175 e. The molecule has 1 aliphatic rings. The summed E-state index contributed by atoms with van der Waals surface area (Å²) in [5.74, 6) is 0.984. The van der Waals surface area contributed by atoms with E-state index in [4.69, 9.17) is 4.98 Å². The van der Waals surface area contributed by atoms with Gasteiger partial charge in [-0.15, -0.1) is 11.3 Å². The molecular formula is C27H28N4O2S2. The van der Waals surface area contributed by atoms with Crippen LogP contribution in [-0.4, -0.2) is 62.8 Å². The number of aromatic nitrogens is 2. The molecule has 0 radical (unpaired) electrons. The molecule has 35 heavy (non-hydrogen) atoms. The smallest absolute Gasteiger partial charge is 0.175 e. The van der Waals surface area contributed by atoms with Crippen molar-refractivity contribution in [1.82, 2.24) is 14.9 Å². The number of benzene rings is 2. The van der Waals surface area contributed by atoms with Gasteiger partial charge in [0.05, 0.1) is 15.5 Å². The van der Waals surface area contributed by atoms with Crippen molar-refractivity contribution in [3.63, 3.8) is 0 Å². The van der Waals surface area contributed by atoms with Gasteiger partial charge in [-0.3, -0.25) is 0 Å². The van der Waals surface area contributed by atoms with E-state index in [-0.39, 0.29) is 0 Å². The van der Waals surface area contributed by atoms with Crippen LogP contribution in [0.1, 0.15) is 5.56 Å². The third-order valence-corrected chi connectivity index (χ3v) is 8.57. The summed E-state index contributed by atoms with van der Waals surface area (Å²) in [7, 11) is -1.10. The predicted octanol–water partition coefficient (Wildman–Crippen LogP) is 5.00. The molecule has 1 aliphatic heterocycles. The first-order valence-electron chi connectivity index (χ1n) is 11.6. The quantitative estimate of drug-likeness (QED) is 0.381. The molecule has 8 heteroatoms. The van der Waals surface area contributed by atoms with Crippen LogP contribution in [0.4, 0.5) is 5.82 Å². The molecule has 1 saturated heterocycles. The van der Waals surface area contributed by atoms with Crippen molar-refractivity contribution in [2.45, 2.75) is 11.8 Å². The molecule has 2 aromatic heterocycles. The van der Waals surface area contributed by atoms with Gasteiger partial charge >= 0.3 is 0 Å². The van der Waals surface area contributed by atoms with Gasteiger partial charge in [0.15, 0.2) is 9.84 Å². The van der Waals surface area contributed by atoms with E-state index in [0.29, 0.717) is 4.90 Å². The van der Waals surface area contributed by atoms with Crippen molar-refractivity contribution in [2.24, 2.45) is 0 Å². The molecule has 6 nitrogen and oxygen atoms in total. The SMILES string of the molecule is Cc1cccc(-c2nc(-c3ccc(S(C)(=O)=O)cc3)sc2-c2ccnc(N3CCN(C)CC3)c2)c1. The summed E-state index contributed by atoms with van der Waals surface area (Å²) in [6.07, 6.45) is 3.10. The van der Waals surface area contributed by atoms with Gasteiger partial charge in [0.25, 0.3) is 0 Å². The molecule has 0 amide bonds. The molecule has 1 fully saturated rings. The van der Waals surface area contributed by atoms with Gasteiger partial charge in [0.1, 0.15) is 10.8 Å². The van der Waals surface area contributed by atoms with Gasteiger partial charge in [0, 0.05) is 49.8 Å². The Morgan fingerprint density at radius 1 is 0.886 bits per heavy atom. The monoisotopic (exact) mass is 504 g/mol. The van der Waals surface area contributed by atoms with Gasteiger partial charge in [-0.2, -0.15) is 0 Å². The first kappa shape index (κ1) is 23.7. The zero-order valence-electron chi connectivity index (χ0n) is 20.1. The summed E-state index contributed by atoms with van der Waals surface area (Å²) in [4.78, 5) is 15.8. The van der Waals surface area contributed by atoms with Crippen molar-refractivity contribution in [3.8, 4) is 32.3 Å². The third kappa shape index (κ3) is 5.15. The molecule has 0 unspecified atom stereocenters. The second-order valence-corrected chi connectivity index (χ2v) is 12.1. The maximum atomic E-state index is 11.9. The maximum absolute atomic E-state index is 11.9. The van der Waals surface area contributed by atoms with E-state index in [1.807, 2.05) is 24.4 Å². The lowest BCUT2D eigenvalue weighted by atomic mass is 10.1. The number of piperazine rings is 1. The van der Waals surface area contributed by atoms with Gasteiger partial charge in [-0.05, 0) is 49.9 Å². The third-order valence-electron chi connectivity index (χ3n) is 6.28. The minimum Gasteiger partial charge on any atom is -0.354 e. The highest BCUT2D eigenvalue weighted by Crippen LogP contribution is 2.41. The number of likely N-dealkylation sites (N-methyl/N-ethyl adjacent to an activating group) is 1. The van der Waals surface area contributed by atoms with Gasteiger partial charge < -0.3 is 9.80 Å². The molecule has 3 heterocycles. The average Bonchev–Trinajstić information content (AvgIpc) is 3.30. The van der Waals surface area contributed by atoms with E-state index in [9.17, 15) is 8.42 Å². The van der Waals surface area contributed by atoms with Gasteiger partial charge in [-0.1, -0.05) is 35.9 Å². The second kappa shape index (κ2) is 9.53. The number of aryl methyl sites for hydroxylation is 1. The highest BCUT2D eigenvalue weighted by atomic mass is 32.2. The molecule has 0 saturated carbocycles. The number of thiazole rings is 1. The van der Waals surface area contributed by atoms with Crippen molar-refractivity contribution in [3.05, 3.63) is 72.4 Å². The van der Waals surface area contributed by atoms with Crippen LogP contribution in [0.5, 0.6) is 0 Å². The molecule has 0 atom stereocenters. The summed E-state index contributed by atoms with van der Waals surface area (Å²) >= 11 is 1.62. The first-order valence-corrected chi connectivity index (χ1v) is 14.3. The van der Waals surface area contributed by atoms with Crippen molar-refractivity contribution < 1.29 is 8.42 Å². The molecule has 2 aromatic carbocycles. The second-order valence-electron chi connectivity index (χ2n) is 9.06. The molecule has 0 bridgehead atoms. The molecule has 0 aliphatic carbocycles. The summed E-state index contributed by atoms with van der Waals surface area (Å²) < 4.78 is 23.8. The summed E-state index contributed by atoms with van der Waals surface area (Å²) in [6, 6.07) is 19.5. The summed E-state index contributed by atoms with van der Waals surface area (Å²) in [6.45, 7) is 6.04. The van der Waals surface area contributed by atoms with Gasteiger partial charge in [0.2, 0.25) is 0 Å². The van der Waals surface area contributed by atoms with Crippen LogP contribution in [-0.2, 0) is 9.84 Å². The zero-order valence-corrected chi connectivity index (χ0v) is 21.7. The number of rotatable bonds is 5. The number of pyridine rings is 1. The fraction of sp³-hybridized carbons (Fsp3) is 0.259. The topological polar surface area (TPSA) is 66.4 Å². The van der Waals surface area contributed by atoms with E-state index >= 15 is 0 Å². The Morgan fingerprint density at radius 2 is 1.63 bits per heavy atom. The minimum absolute atomic E-state index is 0.308. The number of hydrogen-bond donors (Lipinski definition) is 0. The van der Waals surface area contributed by atoms with Crippen LogP contribution in [0.3, 0.4) is 0 Å². The molecule has 5 rings (SSSR count). The van der Waals surface area contributed by atoms with Crippen LogP contribution in [0, 0.1) is 6.92 Å². The zero-order chi connectivity index (χ0) is 24.6. The lowest BCUT2D eigenvalue weighted by Crippen LogP contribution is -2.44. The number of anilines is 1. The fourth-order valence-corrected chi connectivity index (χ4v) is 5.96. The molecule has 4 aromatic rings. The Labute approximate surface area is 210 Å². The van der Waals surface area contributed by atoms with Crippen LogP contribution in [0.25, 0.3) is 32.3 Å². The Bertz CT molecular complexity index is 1450. The first-order chi connectivity index (χ1) is 16.8. The van der Waals surface area contributed by atoms with Crippen molar-refractivity contribution in [1.29, 1.82) is 0 Å². The average molecular weight is 505 g/mol. The highest BCUT2D eigenvalue weighted by molar-refractivity contribution is 7.90. The number of nitrogens with zero attached hydrogens (tertiary/aromatic N) is 4. The lowest BCUT2D eigenvalue weighted by molar-refractivity contribution is 0.312. The normalized spacial score (nSPS) is 14.9. The number of hydrogen-bond acceptors (Lipinski definition) is 7. The van der Waals surface area contributed by atoms with Crippen LogP contribution >= 0.6 is 11.3 Å². The standard InChI is InChI=1S/C27H28N4O2S2/c1-19-5-4-6-21(17-19)25-26(22-11-12-28-24(18-22)31-15-13-30(2)14-16-31)34-27(29-25)20-7-9-23(10-8-20)35(3,32)33/h4-12,17-18H,13-16H2,1-3H3. The Balaban J connectivity index is 1.59. The Kier molecular flexibility index (Phi) is 6.44. The van der Waals surface area contributed by atoms with Gasteiger partial charge in [-0.25, -0.2) is 18.4 Å². The number of sulfone groups is 1. The lowest BCUT2D eigenvalue weighted by Gasteiger charge is -2.33. The largest absolute Gasteiger partial charge is 0.354 e. The van der Waals surface area contributed by atoms with Crippen molar-refractivity contribution in [2.75, 3.05) is 44.4 Å². The van der Waals surface area contributed by atoms with E-state index in [1.54, 1.807) is 23.5 Å². The highest BCUT2D eigenvalue weighted by Gasteiger charge is 2.20. The molecule has 0 N–H and O–H groups in total. The van der Waals surface area contributed by atoms with Crippen molar-refractivity contribution >= 4 is 27.0 Å². The Morgan fingerprint density at radius 3 is 2.31 bits per heavy atom. The van der Waals surface area contributed by atoms with Crippen LogP contribution in [0.2, 0.25) is 0 Å². The predicted molar refractivity (Wildman–Crippen MR) is 144 cm³/mol. The Hall–Kier alpha value is -3.07. The molecule has 0 spiro atoms.